The van der Waals surface area contributed by atoms with Gasteiger partial charge in [-0.25, -0.2) is 8.78 Å². The molecule has 1 aliphatic rings. The van der Waals surface area contributed by atoms with Crippen LogP contribution in [0.4, 0.5) is 8.78 Å². The van der Waals surface area contributed by atoms with Crippen LogP contribution in [-0.2, 0) is 16.0 Å². The first-order valence-corrected chi connectivity index (χ1v) is 6.87. The number of carboxylic acid groups (broad SMARTS) is 1. The third-order valence-corrected chi connectivity index (χ3v) is 3.98. The number of nitrogens with one attached hydrogen (secondary N) is 1. The molecule has 21 heavy (non-hydrogen) atoms. The van der Waals surface area contributed by atoms with E-state index in [-0.39, 0.29) is 18.9 Å². The maximum absolute atomic E-state index is 13.0. The highest BCUT2D eigenvalue weighted by Crippen LogP contribution is 2.44. The molecule has 0 aromatic heterocycles. The number of amides is 1. The Balaban J connectivity index is 1.79. The lowest BCUT2D eigenvalue weighted by Crippen LogP contribution is -2.42. The Hall–Kier alpha value is -1.98. The van der Waals surface area contributed by atoms with Crippen molar-refractivity contribution < 1.29 is 23.5 Å². The second-order valence-corrected chi connectivity index (χ2v) is 5.46. The number of hydrogen-bond donors (Lipinski definition) is 2. The van der Waals surface area contributed by atoms with Crippen LogP contribution < -0.4 is 5.32 Å². The Morgan fingerprint density at radius 1 is 1.24 bits per heavy atom. The van der Waals surface area contributed by atoms with Gasteiger partial charge < -0.3 is 10.4 Å². The number of aliphatic carboxylic acids is 1. The van der Waals surface area contributed by atoms with Crippen molar-refractivity contribution in [2.45, 2.75) is 32.1 Å². The van der Waals surface area contributed by atoms with E-state index >= 15 is 0 Å². The Morgan fingerprint density at radius 3 is 2.48 bits per heavy atom. The number of carboxylic acids is 1. The number of halogens is 2. The normalized spacial score (nSPS) is 16.1. The number of carbonyl (C=O) groups is 2. The van der Waals surface area contributed by atoms with Crippen LogP contribution in [0.5, 0.6) is 0 Å². The van der Waals surface area contributed by atoms with E-state index in [4.69, 9.17) is 5.11 Å². The van der Waals surface area contributed by atoms with Crippen molar-refractivity contribution in [1.82, 2.24) is 5.32 Å². The molecule has 1 saturated carbocycles. The standard InChI is InChI=1S/C15H17F2NO3/c16-11-3-2-10(8-12(11)17)4-7-18-13(19)9-15(14(20)21)5-1-6-15/h2-3,8H,1,4-7,9H2,(H,18,19)(H,20,21). The molecular formula is C15H17F2NO3. The highest BCUT2D eigenvalue weighted by atomic mass is 19.2. The van der Waals surface area contributed by atoms with Crippen LogP contribution in [-0.4, -0.2) is 23.5 Å². The number of carbonyl (C=O) groups excluding carboxylic acids is 1. The average Bonchev–Trinajstić information content (AvgIpc) is 2.37. The van der Waals surface area contributed by atoms with Crippen LogP contribution in [0.2, 0.25) is 0 Å². The highest BCUT2D eigenvalue weighted by molar-refractivity contribution is 5.85. The van der Waals surface area contributed by atoms with E-state index in [0.717, 1.165) is 18.6 Å². The van der Waals surface area contributed by atoms with Crippen molar-refractivity contribution in [2.75, 3.05) is 6.54 Å². The number of benzene rings is 1. The first-order chi connectivity index (χ1) is 9.93. The summed E-state index contributed by atoms with van der Waals surface area (Å²) in [4.78, 5) is 22.9. The summed E-state index contributed by atoms with van der Waals surface area (Å²) in [6, 6.07) is 3.58. The van der Waals surface area contributed by atoms with E-state index in [1.54, 1.807) is 0 Å². The van der Waals surface area contributed by atoms with Crippen LogP contribution in [0.15, 0.2) is 18.2 Å². The number of rotatable bonds is 6. The molecule has 4 nitrogen and oxygen atoms in total. The molecule has 2 rings (SSSR count). The van der Waals surface area contributed by atoms with Crippen LogP contribution in [0, 0.1) is 17.0 Å². The zero-order chi connectivity index (χ0) is 15.5. The fourth-order valence-corrected chi connectivity index (χ4v) is 2.48. The summed E-state index contributed by atoms with van der Waals surface area (Å²) in [6.07, 6.45) is 2.22. The maximum atomic E-state index is 13.0. The van der Waals surface area contributed by atoms with E-state index in [1.807, 2.05) is 0 Å². The minimum atomic E-state index is -0.926. The average molecular weight is 297 g/mol. The predicted octanol–water partition coefficient (Wildman–Crippen LogP) is 2.27. The zero-order valence-electron chi connectivity index (χ0n) is 11.5. The second kappa shape index (κ2) is 6.20. The molecule has 114 valence electrons. The van der Waals surface area contributed by atoms with Gasteiger partial charge in [0.1, 0.15) is 0 Å². The molecule has 0 saturated heterocycles. The third-order valence-electron chi connectivity index (χ3n) is 3.98. The van der Waals surface area contributed by atoms with Gasteiger partial charge in [0.2, 0.25) is 5.91 Å². The topological polar surface area (TPSA) is 66.4 Å². The highest BCUT2D eigenvalue weighted by Gasteiger charge is 2.45. The van der Waals surface area contributed by atoms with Crippen LogP contribution >= 0.6 is 0 Å². The molecule has 0 atom stereocenters. The Labute approximate surface area is 121 Å². The van der Waals surface area contributed by atoms with Gasteiger partial charge in [-0.1, -0.05) is 12.5 Å². The monoisotopic (exact) mass is 297 g/mol. The SMILES string of the molecule is O=C(CC1(C(=O)O)CCC1)NCCc1ccc(F)c(F)c1. The van der Waals surface area contributed by atoms with Crippen LogP contribution in [0.1, 0.15) is 31.2 Å². The molecule has 0 radical (unpaired) electrons. The Morgan fingerprint density at radius 2 is 1.95 bits per heavy atom. The van der Waals surface area contributed by atoms with Gasteiger partial charge in [0, 0.05) is 13.0 Å². The first kappa shape index (κ1) is 15.4. The third kappa shape index (κ3) is 3.56. The van der Waals surface area contributed by atoms with E-state index < -0.39 is 23.0 Å². The second-order valence-electron chi connectivity index (χ2n) is 5.46. The summed E-state index contributed by atoms with van der Waals surface area (Å²) in [7, 11) is 0. The van der Waals surface area contributed by atoms with Crippen molar-refractivity contribution in [3.8, 4) is 0 Å². The molecule has 0 unspecified atom stereocenters. The summed E-state index contributed by atoms with van der Waals surface area (Å²) in [6.45, 7) is 0.263. The smallest absolute Gasteiger partial charge is 0.310 e. The van der Waals surface area contributed by atoms with Gasteiger partial charge in [-0.15, -0.1) is 0 Å². The molecule has 0 aliphatic heterocycles. The number of hydrogen-bond acceptors (Lipinski definition) is 2. The van der Waals surface area contributed by atoms with Crippen molar-refractivity contribution in [2.24, 2.45) is 5.41 Å². The Bertz CT molecular complexity index is 556. The molecule has 6 heteroatoms. The van der Waals surface area contributed by atoms with Crippen molar-refractivity contribution in [1.29, 1.82) is 0 Å². The molecule has 1 aliphatic carbocycles. The van der Waals surface area contributed by atoms with Crippen molar-refractivity contribution in [3.05, 3.63) is 35.4 Å². The van der Waals surface area contributed by atoms with Gasteiger partial charge >= 0.3 is 5.97 Å². The molecule has 1 aromatic carbocycles. The quantitative estimate of drug-likeness (QED) is 0.846. The fraction of sp³-hybridized carbons (Fsp3) is 0.467. The minimum absolute atomic E-state index is 0.0277. The van der Waals surface area contributed by atoms with Gasteiger partial charge in [0.25, 0.3) is 0 Å². The van der Waals surface area contributed by atoms with Crippen molar-refractivity contribution >= 4 is 11.9 Å². The van der Waals surface area contributed by atoms with E-state index in [1.165, 1.54) is 6.07 Å². The van der Waals surface area contributed by atoms with Gasteiger partial charge in [0.15, 0.2) is 11.6 Å². The predicted molar refractivity (Wildman–Crippen MR) is 71.6 cm³/mol. The van der Waals surface area contributed by atoms with Gasteiger partial charge in [-0.05, 0) is 37.0 Å². The van der Waals surface area contributed by atoms with Crippen molar-refractivity contribution in [3.63, 3.8) is 0 Å². The summed E-state index contributed by atoms with van der Waals surface area (Å²) >= 11 is 0. The van der Waals surface area contributed by atoms with E-state index in [0.29, 0.717) is 24.8 Å². The first-order valence-electron chi connectivity index (χ1n) is 6.87. The van der Waals surface area contributed by atoms with Crippen LogP contribution in [0.25, 0.3) is 0 Å². The molecule has 1 aromatic rings. The molecule has 1 fully saturated rings. The van der Waals surface area contributed by atoms with Crippen LogP contribution in [0.3, 0.4) is 0 Å². The van der Waals surface area contributed by atoms with Gasteiger partial charge in [0.05, 0.1) is 5.41 Å². The fourth-order valence-electron chi connectivity index (χ4n) is 2.48. The zero-order valence-corrected chi connectivity index (χ0v) is 11.5. The van der Waals surface area contributed by atoms with E-state index in [2.05, 4.69) is 5.32 Å². The summed E-state index contributed by atoms with van der Waals surface area (Å²) in [5, 5.41) is 11.8. The summed E-state index contributed by atoms with van der Waals surface area (Å²) in [5.41, 5.74) is -0.336. The molecule has 0 spiro atoms. The lowest BCUT2D eigenvalue weighted by Gasteiger charge is -2.36. The summed E-state index contributed by atoms with van der Waals surface area (Å²) in [5.74, 6) is -3.07. The Kier molecular flexibility index (Phi) is 4.55. The molecule has 0 bridgehead atoms. The maximum Gasteiger partial charge on any atom is 0.310 e. The molecular weight excluding hydrogens is 280 g/mol. The summed E-state index contributed by atoms with van der Waals surface area (Å²) < 4.78 is 25.8. The minimum Gasteiger partial charge on any atom is -0.481 e. The van der Waals surface area contributed by atoms with E-state index in [9.17, 15) is 18.4 Å². The largest absolute Gasteiger partial charge is 0.481 e. The lowest BCUT2D eigenvalue weighted by molar-refractivity contribution is -0.157. The molecule has 2 N–H and O–H groups in total. The lowest BCUT2D eigenvalue weighted by atomic mass is 9.66. The van der Waals surface area contributed by atoms with Gasteiger partial charge in [-0.2, -0.15) is 0 Å². The molecule has 1 amide bonds. The van der Waals surface area contributed by atoms with Gasteiger partial charge in [-0.3, -0.25) is 9.59 Å². The molecule has 0 heterocycles.